The maximum Gasteiger partial charge on any atom is 0.307 e. The molecule has 0 amide bonds. The minimum atomic E-state index is -0.805. The van der Waals surface area contributed by atoms with Gasteiger partial charge in [0.1, 0.15) is 0 Å². The van der Waals surface area contributed by atoms with Crippen LogP contribution in [-0.2, 0) is 17.8 Å². The highest BCUT2D eigenvalue weighted by molar-refractivity contribution is 5.70. The van der Waals surface area contributed by atoms with E-state index in [-0.39, 0.29) is 18.4 Å². The number of aliphatic hydroxyl groups is 1. The highest BCUT2D eigenvalue weighted by Crippen LogP contribution is 2.33. The van der Waals surface area contributed by atoms with Crippen LogP contribution in [0.1, 0.15) is 30.4 Å². The molecule has 22 heavy (non-hydrogen) atoms. The molecule has 1 aromatic carbocycles. The minimum Gasteiger partial charge on any atom is -0.481 e. The van der Waals surface area contributed by atoms with Crippen LogP contribution in [0.4, 0.5) is 0 Å². The number of likely N-dealkylation sites (tertiary alicyclic amines) is 1. The Hall–Kier alpha value is -1.65. The molecule has 1 aliphatic heterocycles. The number of piperidine rings is 1. The number of hydrogen-bond donors (Lipinski definition) is 2. The lowest BCUT2D eigenvalue weighted by Gasteiger charge is -2.41. The summed E-state index contributed by atoms with van der Waals surface area (Å²) in [6.45, 7) is 6.77. The van der Waals surface area contributed by atoms with Crippen molar-refractivity contribution in [1.82, 2.24) is 4.90 Å². The van der Waals surface area contributed by atoms with E-state index in [0.29, 0.717) is 0 Å². The van der Waals surface area contributed by atoms with Crippen LogP contribution < -0.4 is 0 Å². The van der Waals surface area contributed by atoms with Crippen molar-refractivity contribution in [3.05, 3.63) is 48.0 Å². The van der Waals surface area contributed by atoms with Crippen LogP contribution in [0.15, 0.2) is 36.9 Å². The molecular weight excluding hydrogens is 278 g/mol. The summed E-state index contributed by atoms with van der Waals surface area (Å²) in [7, 11) is 0. The zero-order valence-electron chi connectivity index (χ0n) is 13.0. The Labute approximate surface area is 132 Å². The lowest BCUT2D eigenvalue weighted by atomic mass is 9.78. The predicted molar refractivity (Wildman–Crippen MR) is 86.6 cm³/mol. The van der Waals surface area contributed by atoms with Gasteiger partial charge in [-0.3, -0.25) is 9.69 Å². The molecule has 0 bridgehead atoms. The molecular formula is C18H25NO3. The van der Waals surface area contributed by atoms with E-state index in [1.165, 1.54) is 5.56 Å². The van der Waals surface area contributed by atoms with Crippen LogP contribution >= 0.6 is 0 Å². The molecule has 2 N–H and O–H groups in total. The van der Waals surface area contributed by atoms with Crippen molar-refractivity contribution < 1.29 is 15.0 Å². The third-order valence-electron chi connectivity index (χ3n) is 4.44. The summed E-state index contributed by atoms with van der Waals surface area (Å²) in [5, 5.41) is 18.5. The molecule has 120 valence electrons. The van der Waals surface area contributed by atoms with Crippen LogP contribution in [0, 0.1) is 5.41 Å². The summed E-state index contributed by atoms with van der Waals surface area (Å²) in [5.74, 6) is -0.805. The third kappa shape index (κ3) is 4.42. The van der Waals surface area contributed by atoms with Gasteiger partial charge in [-0.15, -0.1) is 6.58 Å². The van der Waals surface area contributed by atoms with Gasteiger partial charge in [-0.05, 0) is 36.9 Å². The zero-order chi connectivity index (χ0) is 16.0. The molecule has 1 atom stereocenters. The number of hydrogen-bond acceptors (Lipinski definition) is 3. The second-order valence-electron chi connectivity index (χ2n) is 6.35. The number of benzene rings is 1. The van der Waals surface area contributed by atoms with E-state index >= 15 is 0 Å². The van der Waals surface area contributed by atoms with E-state index in [1.807, 2.05) is 30.3 Å². The Morgan fingerprint density at radius 1 is 1.32 bits per heavy atom. The molecule has 1 saturated heterocycles. The SMILES string of the molecule is C=CCC1(CO)CCCN(Cc2ccc(CC(=O)O)cc2)C1. The molecule has 1 aromatic rings. The molecule has 4 heteroatoms. The molecule has 0 spiro atoms. The average Bonchev–Trinajstić information content (AvgIpc) is 2.49. The first-order valence-corrected chi connectivity index (χ1v) is 7.81. The molecule has 0 radical (unpaired) electrons. The highest BCUT2D eigenvalue weighted by atomic mass is 16.4. The smallest absolute Gasteiger partial charge is 0.307 e. The first-order valence-electron chi connectivity index (χ1n) is 7.81. The van der Waals surface area contributed by atoms with E-state index in [4.69, 9.17) is 5.11 Å². The summed E-state index contributed by atoms with van der Waals surface area (Å²) < 4.78 is 0. The maximum atomic E-state index is 10.7. The largest absolute Gasteiger partial charge is 0.481 e. The molecule has 1 aliphatic rings. The van der Waals surface area contributed by atoms with E-state index < -0.39 is 5.97 Å². The van der Waals surface area contributed by atoms with E-state index in [2.05, 4.69) is 11.5 Å². The van der Waals surface area contributed by atoms with Crippen molar-refractivity contribution >= 4 is 5.97 Å². The van der Waals surface area contributed by atoms with Gasteiger partial charge in [0.2, 0.25) is 0 Å². The average molecular weight is 303 g/mol. The van der Waals surface area contributed by atoms with Crippen molar-refractivity contribution in [2.45, 2.75) is 32.2 Å². The quantitative estimate of drug-likeness (QED) is 0.760. The fourth-order valence-corrected chi connectivity index (χ4v) is 3.31. The summed E-state index contributed by atoms with van der Waals surface area (Å²) in [5.41, 5.74) is 1.95. The van der Waals surface area contributed by atoms with Gasteiger partial charge in [0.15, 0.2) is 0 Å². The Morgan fingerprint density at radius 2 is 2.00 bits per heavy atom. The number of aliphatic carboxylic acids is 1. The fourth-order valence-electron chi connectivity index (χ4n) is 3.31. The number of allylic oxidation sites excluding steroid dienone is 1. The minimum absolute atomic E-state index is 0.0523. The van der Waals surface area contributed by atoms with Gasteiger partial charge in [-0.2, -0.15) is 0 Å². The second kappa shape index (κ2) is 7.56. The standard InChI is InChI=1S/C18H25NO3/c1-2-8-18(14-20)9-3-10-19(13-18)12-16-6-4-15(5-7-16)11-17(21)22/h2,4-7,20H,1,3,8-14H2,(H,21,22). The number of aliphatic hydroxyl groups excluding tert-OH is 1. The lowest BCUT2D eigenvalue weighted by Crippen LogP contribution is -2.44. The van der Waals surface area contributed by atoms with Crippen molar-refractivity contribution in [2.75, 3.05) is 19.7 Å². The van der Waals surface area contributed by atoms with Crippen LogP contribution in [0.5, 0.6) is 0 Å². The predicted octanol–water partition coefficient (Wildman–Crippen LogP) is 2.46. The fraction of sp³-hybridized carbons (Fsp3) is 0.500. The Kier molecular flexibility index (Phi) is 5.75. The summed E-state index contributed by atoms with van der Waals surface area (Å²) >= 11 is 0. The van der Waals surface area contributed by atoms with Gasteiger partial charge < -0.3 is 10.2 Å². The first kappa shape index (κ1) is 16.7. The maximum absolute atomic E-state index is 10.7. The van der Waals surface area contributed by atoms with Crippen molar-refractivity contribution in [3.63, 3.8) is 0 Å². The van der Waals surface area contributed by atoms with Gasteiger partial charge in [0, 0.05) is 18.5 Å². The molecule has 1 fully saturated rings. The van der Waals surface area contributed by atoms with Crippen molar-refractivity contribution in [1.29, 1.82) is 0 Å². The molecule has 2 rings (SSSR count). The number of nitrogens with zero attached hydrogens (tertiary/aromatic N) is 1. The van der Waals surface area contributed by atoms with Crippen LogP contribution in [-0.4, -0.2) is 40.8 Å². The molecule has 1 heterocycles. The molecule has 4 nitrogen and oxygen atoms in total. The summed E-state index contributed by atoms with van der Waals surface area (Å²) in [6.07, 6.45) is 4.95. The van der Waals surface area contributed by atoms with Gasteiger partial charge in [0.25, 0.3) is 0 Å². The van der Waals surface area contributed by atoms with E-state index in [9.17, 15) is 9.90 Å². The van der Waals surface area contributed by atoms with E-state index in [1.54, 1.807) is 0 Å². The highest BCUT2D eigenvalue weighted by Gasteiger charge is 2.33. The number of carbonyl (C=O) groups is 1. The lowest BCUT2D eigenvalue weighted by molar-refractivity contribution is -0.136. The number of carboxylic acid groups (broad SMARTS) is 1. The monoisotopic (exact) mass is 303 g/mol. The van der Waals surface area contributed by atoms with Crippen molar-refractivity contribution in [3.8, 4) is 0 Å². The third-order valence-corrected chi connectivity index (χ3v) is 4.44. The van der Waals surface area contributed by atoms with E-state index in [0.717, 1.165) is 44.5 Å². The summed E-state index contributed by atoms with van der Waals surface area (Å²) in [4.78, 5) is 13.1. The molecule has 1 unspecified atom stereocenters. The van der Waals surface area contributed by atoms with Crippen LogP contribution in [0.25, 0.3) is 0 Å². The van der Waals surface area contributed by atoms with Gasteiger partial charge in [-0.25, -0.2) is 0 Å². The molecule has 0 saturated carbocycles. The zero-order valence-corrected chi connectivity index (χ0v) is 13.0. The van der Waals surface area contributed by atoms with Crippen molar-refractivity contribution in [2.24, 2.45) is 5.41 Å². The Balaban J connectivity index is 1.97. The Morgan fingerprint density at radius 3 is 2.59 bits per heavy atom. The van der Waals surface area contributed by atoms with Gasteiger partial charge in [-0.1, -0.05) is 30.3 Å². The second-order valence-corrected chi connectivity index (χ2v) is 6.35. The first-order chi connectivity index (χ1) is 10.6. The number of rotatable bonds is 7. The van der Waals surface area contributed by atoms with Crippen LogP contribution in [0.3, 0.4) is 0 Å². The topological polar surface area (TPSA) is 60.8 Å². The number of carboxylic acids is 1. The van der Waals surface area contributed by atoms with Gasteiger partial charge >= 0.3 is 5.97 Å². The normalized spacial score (nSPS) is 22.4. The van der Waals surface area contributed by atoms with Gasteiger partial charge in [0.05, 0.1) is 13.0 Å². The molecule has 0 aliphatic carbocycles. The Bertz CT molecular complexity index is 512. The van der Waals surface area contributed by atoms with Crippen LogP contribution in [0.2, 0.25) is 0 Å². The summed E-state index contributed by atoms with van der Waals surface area (Å²) in [6, 6.07) is 7.77. The molecule has 0 aromatic heterocycles.